The van der Waals surface area contributed by atoms with E-state index in [0.717, 1.165) is 59.5 Å². The molecule has 0 unspecified atom stereocenters. The third kappa shape index (κ3) is 4.85. The van der Waals surface area contributed by atoms with Gasteiger partial charge in [0.2, 0.25) is 0 Å². The molecule has 5 nitrogen and oxygen atoms in total. The summed E-state index contributed by atoms with van der Waals surface area (Å²) in [6, 6.07) is 11.2. The number of carbonyl (C=O) groups excluding carboxylic acids is 1. The van der Waals surface area contributed by atoms with E-state index in [0.29, 0.717) is 11.5 Å². The monoisotopic (exact) mass is 408 g/mol. The van der Waals surface area contributed by atoms with Crippen LogP contribution in [0.4, 0.5) is 0 Å². The highest BCUT2D eigenvalue weighted by Crippen LogP contribution is 2.33. The molecular formula is C25H28O5. The minimum atomic E-state index is 0.0576. The zero-order chi connectivity index (χ0) is 21.5. The van der Waals surface area contributed by atoms with Gasteiger partial charge in [0.1, 0.15) is 23.0 Å². The Morgan fingerprint density at radius 3 is 1.47 bits per heavy atom. The molecule has 0 spiro atoms. The molecule has 0 amide bonds. The fourth-order valence-electron chi connectivity index (χ4n) is 3.62. The number of ketones is 1. The molecule has 2 aromatic rings. The number of rotatable bonds is 6. The Morgan fingerprint density at radius 2 is 1.10 bits per heavy atom. The molecule has 0 saturated heterocycles. The molecule has 0 bridgehead atoms. The lowest BCUT2D eigenvalue weighted by Gasteiger charge is -2.11. The predicted molar refractivity (Wildman–Crippen MR) is 119 cm³/mol. The summed E-state index contributed by atoms with van der Waals surface area (Å²) in [7, 11) is 6.49. The van der Waals surface area contributed by atoms with E-state index in [1.165, 1.54) is 0 Å². The first-order chi connectivity index (χ1) is 14.6. The van der Waals surface area contributed by atoms with E-state index in [-0.39, 0.29) is 5.78 Å². The Labute approximate surface area is 177 Å². The largest absolute Gasteiger partial charge is 0.497 e. The molecule has 1 aliphatic carbocycles. The highest BCUT2D eigenvalue weighted by molar-refractivity contribution is 6.13. The van der Waals surface area contributed by atoms with Crippen LogP contribution in [0.2, 0.25) is 0 Å². The molecule has 2 aromatic carbocycles. The number of ether oxygens (including phenoxy) is 4. The van der Waals surface area contributed by atoms with Crippen molar-refractivity contribution in [2.75, 3.05) is 28.4 Å². The van der Waals surface area contributed by atoms with Gasteiger partial charge < -0.3 is 18.9 Å². The fraction of sp³-hybridized carbons (Fsp3) is 0.320. The average Bonchev–Trinajstić information content (AvgIpc) is 2.95. The van der Waals surface area contributed by atoms with Crippen molar-refractivity contribution >= 4 is 17.9 Å². The van der Waals surface area contributed by atoms with E-state index < -0.39 is 0 Å². The molecule has 158 valence electrons. The summed E-state index contributed by atoms with van der Waals surface area (Å²) in [6.07, 6.45) is 7.21. The fourth-order valence-corrected chi connectivity index (χ4v) is 3.62. The van der Waals surface area contributed by atoms with E-state index in [2.05, 4.69) is 0 Å². The molecule has 0 heterocycles. The third-order valence-corrected chi connectivity index (χ3v) is 5.26. The number of carbonyl (C=O) groups is 1. The highest BCUT2D eigenvalue weighted by Gasteiger charge is 2.20. The summed E-state index contributed by atoms with van der Waals surface area (Å²) in [5, 5.41) is 0. The molecule has 0 aliphatic heterocycles. The molecular weight excluding hydrogens is 380 g/mol. The topological polar surface area (TPSA) is 54.0 Å². The van der Waals surface area contributed by atoms with Crippen molar-refractivity contribution in [1.82, 2.24) is 0 Å². The minimum absolute atomic E-state index is 0.0576. The van der Waals surface area contributed by atoms with Crippen LogP contribution in [-0.2, 0) is 4.79 Å². The van der Waals surface area contributed by atoms with Gasteiger partial charge in [-0.2, -0.15) is 0 Å². The van der Waals surface area contributed by atoms with E-state index in [1.807, 2.05) is 48.6 Å². The summed E-state index contributed by atoms with van der Waals surface area (Å²) in [6.45, 7) is 0. The molecule has 1 saturated carbocycles. The van der Waals surface area contributed by atoms with Crippen LogP contribution in [0, 0.1) is 0 Å². The van der Waals surface area contributed by atoms with E-state index in [9.17, 15) is 4.79 Å². The van der Waals surface area contributed by atoms with Gasteiger partial charge in [-0.3, -0.25) is 4.79 Å². The van der Waals surface area contributed by atoms with Gasteiger partial charge in [0.25, 0.3) is 0 Å². The lowest BCUT2D eigenvalue weighted by Crippen LogP contribution is -2.04. The van der Waals surface area contributed by atoms with Crippen LogP contribution in [0.5, 0.6) is 23.0 Å². The SMILES string of the molecule is COc1ccc(OC)c(/C=C2/CCCC/C(=C/c3cc(OC)ccc3OC)C2=O)c1. The van der Waals surface area contributed by atoms with Crippen LogP contribution in [0.15, 0.2) is 47.5 Å². The Morgan fingerprint density at radius 1 is 0.667 bits per heavy atom. The summed E-state index contributed by atoms with van der Waals surface area (Å²) in [5.74, 6) is 2.92. The minimum Gasteiger partial charge on any atom is -0.497 e. The van der Waals surface area contributed by atoms with Crippen molar-refractivity contribution in [3.63, 3.8) is 0 Å². The van der Waals surface area contributed by atoms with Crippen LogP contribution >= 0.6 is 0 Å². The molecule has 5 heteroatoms. The quantitative estimate of drug-likeness (QED) is 0.478. The van der Waals surface area contributed by atoms with Crippen LogP contribution in [0.1, 0.15) is 36.8 Å². The van der Waals surface area contributed by atoms with Crippen molar-refractivity contribution in [2.45, 2.75) is 25.7 Å². The van der Waals surface area contributed by atoms with Crippen LogP contribution in [0.3, 0.4) is 0 Å². The second kappa shape index (κ2) is 10.0. The number of benzene rings is 2. The molecule has 1 aliphatic rings. The normalized spacial score (nSPS) is 17.0. The second-order valence-electron chi connectivity index (χ2n) is 7.09. The molecule has 30 heavy (non-hydrogen) atoms. The first kappa shape index (κ1) is 21.5. The van der Waals surface area contributed by atoms with Crippen molar-refractivity contribution in [1.29, 1.82) is 0 Å². The predicted octanol–water partition coefficient (Wildman–Crippen LogP) is 5.33. The van der Waals surface area contributed by atoms with Gasteiger partial charge in [-0.05, 0) is 74.2 Å². The maximum atomic E-state index is 13.4. The van der Waals surface area contributed by atoms with Gasteiger partial charge >= 0.3 is 0 Å². The highest BCUT2D eigenvalue weighted by atomic mass is 16.5. The average molecular weight is 408 g/mol. The lowest BCUT2D eigenvalue weighted by atomic mass is 9.97. The van der Waals surface area contributed by atoms with Gasteiger partial charge in [0.15, 0.2) is 5.78 Å². The van der Waals surface area contributed by atoms with Gasteiger partial charge in [0, 0.05) is 22.3 Å². The molecule has 0 aromatic heterocycles. The number of Topliss-reactive ketones (excluding diaryl/α,β-unsaturated/α-hetero) is 1. The Bertz CT molecular complexity index is 894. The van der Waals surface area contributed by atoms with Crippen LogP contribution in [-0.4, -0.2) is 34.2 Å². The molecule has 0 N–H and O–H groups in total. The van der Waals surface area contributed by atoms with Crippen molar-refractivity contribution in [2.24, 2.45) is 0 Å². The van der Waals surface area contributed by atoms with Gasteiger partial charge in [0.05, 0.1) is 28.4 Å². The van der Waals surface area contributed by atoms with E-state index >= 15 is 0 Å². The van der Waals surface area contributed by atoms with Crippen LogP contribution < -0.4 is 18.9 Å². The molecule has 0 atom stereocenters. The van der Waals surface area contributed by atoms with Crippen molar-refractivity contribution in [3.05, 3.63) is 58.7 Å². The standard InChI is InChI=1S/C25H28O5/c1-27-21-9-11-23(29-3)19(15-21)13-17-7-5-6-8-18(25(17)26)14-20-16-22(28-2)10-12-24(20)30-4/h9-16H,5-8H2,1-4H3/b17-13-,18-14-. The van der Waals surface area contributed by atoms with Gasteiger partial charge in [-0.25, -0.2) is 0 Å². The Kier molecular flexibility index (Phi) is 7.17. The number of allylic oxidation sites excluding steroid dienone is 2. The lowest BCUT2D eigenvalue weighted by molar-refractivity contribution is -0.112. The first-order valence-electron chi connectivity index (χ1n) is 9.99. The third-order valence-electron chi connectivity index (χ3n) is 5.26. The Balaban J connectivity index is 2.02. The maximum absolute atomic E-state index is 13.4. The Hall–Kier alpha value is -3.21. The smallest absolute Gasteiger partial charge is 0.185 e. The first-order valence-corrected chi connectivity index (χ1v) is 9.99. The van der Waals surface area contributed by atoms with E-state index in [4.69, 9.17) is 18.9 Å². The van der Waals surface area contributed by atoms with Crippen molar-refractivity contribution in [3.8, 4) is 23.0 Å². The maximum Gasteiger partial charge on any atom is 0.185 e. The number of hydrogen-bond donors (Lipinski definition) is 0. The molecule has 1 fully saturated rings. The summed E-state index contributed by atoms with van der Waals surface area (Å²) in [4.78, 5) is 13.4. The number of methoxy groups -OCH3 is 4. The zero-order valence-electron chi connectivity index (χ0n) is 18.0. The zero-order valence-corrected chi connectivity index (χ0v) is 18.0. The number of hydrogen-bond acceptors (Lipinski definition) is 5. The summed E-state index contributed by atoms with van der Waals surface area (Å²) in [5.41, 5.74) is 3.21. The van der Waals surface area contributed by atoms with Gasteiger partial charge in [-0.1, -0.05) is 0 Å². The van der Waals surface area contributed by atoms with E-state index in [1.54, 1.807) is 28.4 Å². The molecule has 0 radical (unpaired) electrons. The van der Waals surface area contributed by atoms with Crippen molar-refractivity contribution < 1.29 is 23.7 Å². The molecule has 3 rings (SSSR count). The summed E-state index contributed by atoms with van der Waals surface area (Å²) < 4.78 is 21.6. The second-order valence-corrected chi connectivity index (χ2v) is 7.09. The van der Waals surface area contributed by atoms with Gasteiger partial charge in [-0.15, -0.1) is 0 Å². The summed E-state index contributed by atoms with van der Waals surface area (Å²) >= 11 is 0. The van der Waals surface area contributed by atoms with Crippen LogP contribution in [0.25, 0.3) is 12.2 Å².